The standard InChI is InChI=1S/C18H15Cl2N3O2S/c1-23-17(25)12-4-2-3-5-14(12)22-18(23)26-9-8-16(24)21-15-7-6-11(19)10-13(15)20/h2-7,10H,8-9H2,1H3,(H,21,24). The van der Waals surface area contributed by atoms with E-state index in [1.165, 1.54) is 16.3 Å². The number of aromatic nitrogens is 2. The van der Waals surface area contributed by atoms with Crippen LogP contribution in [-0.2, 0) is 11.8 Å². The van der Waals surface area contributed by atoms with Crippen molar-refractivity contribution in [1.29, 1.82) is 0 Å². The van der Waals surface area contributed by atoms with Crippen molar-refractivity contribution in [3.63, 3.8) is 0 Å². The number of rotatable bonds is 5. The highest BCUT2D eigenvalue weighted by atomic mass is 35.5. The maximum Gasteiger partial charge on any atom is 0.261 e. The van der Waals surface area contributed by atoms with E-state index in [0.29, 0.717) is 37.5 Å². The second-order valence-electron chi connectivity index (χ2n) is 5.55. The van der Waals surface area contributed by atoms with Crippen molar-refractivity contribution >= 4 is 57.5 Å². The summed E-state index contributed by atoms with van der Waals surface area (Å²) in [4.78, 5) is 29.0. The van der Waals surface area contributed by atoms with Gasteiger partial charge in [0.2, 0.25) is 5.91 Å². The van der Waals surface area contributed by atoms with Gasteiger partial charge in [-0.2, -0.15) is 0 Å². The molecule has 8 heteroatoms. The summed E-state index contributed by atoms with van der Waals surface area (Å²) in [5.41, 5.74) is 1.06. The van der Waals surface area contributed by atoms with E-state index in [4.69, 9.17) is 23.2 Å². The topological polar surface area (TPSA) is 64.0 Å². The molecule has 1 N–H and O–H groups in total. The van der Waals surface area contributed by atoms with Gasteiger partial charge < -0.3 is 5.32 Å². The lowest BCUT2D eigenvalue weighted by molar-refractivity contribution is -0.115. The number of hydrogen-bond donors (Lipinski definition) is 1. The molecule has 3 aromatic rings. The van der Waals surface area contributed by atoms with Crippen molar-refractivity contribution in [2.75, 3.05) is 11.1 Å². The number of thioether (sulfide) groups is 1. The van der Waals surface area contributed by atoms with E-state index in [2.05, 4.69) is 10.3 Å². The van der Waals surface area contributed by atoms with Gasteiger partial charge in [0.15, 0.2) is 5.16 Å². The van der Waals surface area contributed by atoms with Crippen molar-refractivity contribution < 1.29 is 4.79 Å². The largest absolute Gasteiger partial charge is 0.325 e. The van der Waals surface area contributed by atoms with E-state index in [9.17, 15) is 9.59 Å². The third-order valence-corrected chi connectivity index (χ3v) is 5.29. The van der Waals surface area contributed by atoms with E-state index in [1.54, 1.807) is 37.4 Å². The van der Waals surface area contributed by atoms with Gasteiger partial charge >= 0.3 is 0 Å². The Morgan fingerprint density at radius 1 is 1.23 bits per heavy atom. The van der Waals surface area contributed by atoms with Crippen molar-refractivity contribution in [2.24, 2.45) is 7.05 Å². The molecule has 1 aromatic heterocycles. The number of amides is 1. The van der Waals surface area contributed by atoms with Gasteiger partial charge in [-0.3, -0.25) is 14.2 Å². The Bertz CT molecular complexity index is 1040. The molecule has 0 saturated carbocycles. The monoisotopic (exact) mass is 407 g/mol. The molecule has 134 valence electrons. The molecule has 0 radical (unpaired) electrons. The molecule has 0 saturated heterocycles. The van der Waals surface area contributed by atoms with Crippen LogP contribution in [0.3, 0.4) is 0 Å². The summed E-state index contributed by atoms with van der Waals surface area (Å²) in [6, 6.07) is 12.1. The van der Waals surface area contributed by atoms with Crippen LogP contribution in [0.25, 0.3) is 10.9 Å². The number of nitrogens with one attached hydrogen (secondary N) is 1. The number of benzene rings is 2. The number of fused-ring (bicyclic) bond motifs is 1. The Morgan fingerprint density at radius 2 is 2.00 bits per heavy atom. The Labute approximate surface area is 164 Å². The molecular formula is C18H15Cl2N3O2S. The number of hydrogen-bond acceptors (Lipinski definition) is 4. The number of carbonyl (C=O) groups is 1. The van der Waals surface area contributed by atoms with Crippen LogP contribution in [-0.4, -0.2) is 21.2 Å². The molecule has 0 aliphatic rings. The zero-order chi connectivity index (χ0) is 18.7. The van der Waals surface area contributed by atoms with Gasteiger partial charge in [0.05, 0.1) is 21.6 Å². The molecule has 26 heavy (non-hydrogen) atoms. The van der Waals surface area contributed by atoms with Crippen LogP contribution < -0.4 is 10.9 Å². The lowest BCUT2D eigenvalue weighted by Crippen LogP contribution is -2.20. The number of carbonyl (C=O) groups excluding carboxylic acids is 1. The van der Waals surface area contributed by atoms with Gasteiger partial charge in [0.1, 0.15) is 0 Å². The quantitative estimate of drug-likeness (QED) is 0.503. The van der Waals surface area contributed by atoms with Gasteiger partial charge in [-0.1, -0.05) is 47.1 Å². The lowest BCUT2D eigenvalue weighted by Gasteiger charge is -2.09. The summed E-state index contributed by atoms with van der Waals surface area (Å²) in [5.74, 6) is 0.308. The summed E-state index contributed by atoms with van der Waals surface area (Å²) in [5, 5.41) is 4.79. The Kier molecular flexibility index (Phi) is 5.86. The molecule has 0 atom stereocenters. The Hall–Kier alpha value is -2.02. The van der Waals surface area contributed by atoms with E-state index in [0.717, 1.165) is 0 Å². The average molecular weight is 408 g/mol. The fourth-order valence-corrected chi connectivity index (χ4v) is 3.73. The zero-order valence-corrected chi connectivity index (χ0v) is 16.2. The second kappa shape index (κ2) is 8.12. The molecule has 2 aromatic carbocycles. The first kappa shape index (κ1) is 18.8. The fraction of sp³-hybridized carbons (Fsp3) is 0.167. The van der Waals surface area contributed by atoms with Crippen LogP contribution in [0, 0.1) is 0 Å². The van der Waals surface area contributed by atoms with Gasteiger partial charge in [-0.15, -0.1) is 0 Å². The highest BCUT2D eigenvalue weighted by molar-refractivity contribution is 7.99. The first-order valence-corrected chi connectivity index (χ1v) is 9.53. The fourth-order valence-electron chi connectivity index (χ4n) is 2.37. The molecule has 1 heterocycles. The summed E-state index contributed by atoms with van der Waals surface area (Å²) in [6.07, 6.45) is 0.256. The predicted molar refractivity (Wildman–Crippen MR) is 107 cm³/mol. The van der Waals surface area contributed by atoms with E-state index in [-0.39, 0.29) is 17.9 Å². The summed E-state index contributed by atoms with van der Waals surface area (Å²) in [6.45, 7) is 0. The lowest BCUT2D eigenvalue weighted by atomic mass is 10.2. The molecule has 3 rings (SSSR count). The summed E-state index contributed by atoms with van der Waals surface area (Å²) >= 11 is 13.2. The highest BCUT2D eigenvalue weighted by Crippen LogP contribution is 2.25. The van der Waals surface area contributed by atoms with E-state index >= 15 is 0 Å². The normalized spacial score (nSPS) is 10.9. The van der Waals surface area contributed by atoms with Crippen molar-refractivity contribution in [3.8, 4) is 0 Å². The van der Waals surface area contributed by atoms with Crippen molar-refractivity contribution in [1.82, 2.24) is 9.55 Å². The zero-order valence-electron chi connectivity index (χ0n) is 13.8. The van der Waals surface area contributed by atoms with Crippen molar-refractivity contribution in [3.05, 3.63) is 62.9 Å². The minimum Gasteiger partial charge on any atom is -0.325 e. The summed E-state index contributed by atoms with van der Waals surface area (Å²) < 4.78 is 1.50. The SMILES string of the molecule is Cn1c(SCCC(=O)Nc2ccc(Cl)cc2Cl)nc2ccccc2c1=O. The third-order valence-electron chi connectivity index (χ3n) is 3.71. The minimum absolute atomic E-state index is 0.101. The van der Waals surface area contributed by atoms with Gasteiger partial charge in [-0.05, 0) is 30.3 Å². The van der Waals surface area contributed by atoms with Crippen LogP contribution in [0.15, 0.2) is 52.4 Å². The first-order valence-electron chi connectivity index (χ1n) is 7.79. The average Bonchev–Trinajstić information content (AvgIpc) is 2.61. The molecule has 5 nitrogen and oxygen atoms in total. The molecule has 0 aliphatic carbocycles. The highest BCUT2D eigenvalue weighted by Gasteiger charge is 2.10. The van der Waals surface area contributed by atoms with Crippen molar-refractivity contribution in [2.45, 2.75) is 11.6 Å². The molecule has 0 bridgehead atoms. The second-order valence-corrected chi connectivity index (χ2v) is 7.45. The Balaban J connectivity index is 1.64. The smallest absolute Gasteiger partial charge is 0.261 e. The molecule has 1 amide bonds. The van der Waals surface area contributed by atoms with Crippen LogP contribution in [0.2, 0.25) is 10.0 Å². The molecular weight excluding hydrogens is 393 g/mol. The van der Waals surface area contributed by atoms with Crippen LogP contribution in [0.1, 0.15) is 6.42 Å². The van der Waals surface area contributed by atoms with Crippen LogP contribution in [0.5, 0.6) is 0 Å². The number of nitrogens with zero attached hydrogens (tertiary/aromatic N) is 2. The van der Waals surface area contributed by atoms with Gasteiger partial charge in [-0.25, -0.2) is 4.98 Å². The molecule has 0 unspecified atom stereocenters. The molecule has 0 spiro atoms. The number of anilines is 1. The molecule has 0 aliphatic heterocycles. The van der Waals surface area contributed by atoms with E-state index < -0.39 is 0 Å². The Morgan fingerprint density at radius 3 is 2.77 bits per heavy atom. The molecule has 0 fully saturated rings. The van der Waals surface area contributed by atoms with Gasteiger partial charge in [0.25, 0.3) is 5.56 Å². The first-order chi connectivity index (χ1) is 12.5. The maximum atomic E-state index is 12.4. The number of halogens is 2. The summed E-state index contributed by atoms with van der Waals surface area (Å²) in [7, 11) is 1.68. The van der Waals surface area contributed by atoms with Gasteiger partial charge in [0, 0.05) is 24.2 Å². The minimum atomic E-state index is -0.174. The van der Waals surface area contributed by atoms with Crippen LogP contribution >= 0.6 is 35.0 Å². The predicted octanol–water partition coefficient (Wildman–Crippen LogP) is 4.36. The third kappa shape index (κ3) is 4.20. The number of para-hydroxylation sites is 1. The van der Waals surface area contributed by atoms with E-state index in [1.807, 2.05) is 12.1 Å². The van der Waals surface area contributed by atoms with Crippen LogP contribution in [0.4, 0.5) is 5.69 Å². The maximum absolute atomic E-state index is 12.4.